The summed E-state index contributed by atoms with van der Waals surface area (Å²) < 4.78 is 0.931. The quantitative estimate of drug-likeness (QED) is 0.687. The van der Waals surface area contributed by atoms with Gasteiger partial charge in [-0.05, 0) is 48.7 Å². The number of carbonyl (C=O) groups excluding carboxylic acids is 2. The molecule has 130 valence electrons. The van der Waals surface area contributed by atoms with Gasteiger partial charge in [0.15, 0.2) is 0 Å². The summed E-state index contributed by atoms with van der Waals surface area (Å²) in [4.78, 5) is 28.7. The van der Waals surface area contributed by atoms with E-state index in [2.05, 4.69) is 36.9 Å². The minimum absolute atomic E-state index is 0.231. The third-order valence-electron chi connectivity index (χ3n) is 3.92. The molecule has 0 aliphatic heterocycles. The Labute approximate surface area is 154 Å². The molecule has 25 heavy (non-hydrogen) atoms. The van der Waals surface area contributed by atoms with Crippen molar-refractivity contribution in [3.8, 4) is 0 Å². The number of rotatable bonds is 6. The molecule has 3 rings (SSSR count). The predicted molar refractivity (Wildman–Crippen MR) is 100 cm³/mol. The molecule has 1 aliphatic rings. The minimum atomic E-state index is -0.580. The lowest BCUT2D eigenvalue weighted by molar-refractivity contribution is -0.118. The van der Waals surface area contributed by atoms with Gasteiger partial charge in [0.1, 0.15) is 6.04 Å². The number of nitrogens with zero attached hydrogens (tertiary/aromatic N) is 1. The highest BCUT2D eigenvalue weighted by Crippen LogP contribution is 2.33. The van der Waals surface area contributed by atoms with Gasteiger partial charge in [0.25, 0.3) is 0 Å². The van der Waals surface area contributed by atoms with Crippen LogP contribution in [0.4, 0.5) is 16.2 Å². The van der Waals surface area contributed by atoms with E-state index >= 15 is 0 Å². The third-order valence-corrected chi connectivity index (χ3v) is 4.45. The van der Waals surface area contributed by atoms with Gasteiger partial charge in [-0.3, -0.25) is 9.78 Å². The summed E-state index contributed by atoms with van der Waals surface area (Å²) in [6, 6.07) is 9.79. The number of carbonyl (C=O) groups is 2. The average molecular weight is 403 g/mol. The Hall–Kier alpha value is -2.41. The molecule has 1 fully saturated rings. The van der Waals surface area contributed by atoms with Crippen LogP contribution in [-0.2, 0) is 4.79 Å². The summed E-state index contributed by atoms with van der Waals surface area (Å²) in [6.45, 7) is 0. The molecule has 1 saturated carbocycles. The first kappa shape index (κ1) is 17.4. The van der Waals surface area contributed by atoms with Crippen molar-refractivity contribution in [2.45, 2.75) is 25.3 Å². The van der Waals surface area contributed by atoms with Gasteiger partial charge in [-0.15, -0.1) is 0 Å². The number of benzene rings is 1. The average Bonchev–Trinajstić information content (AvgIpc) is 3.41. The molecule has 1 aromatic heterocycles. The molecule has 3 amide bonds. The number of hydrogen-bond acceptors (Lipinski definition) is 3. The van der Waals surface area contributed by atoms with Gasteiger partial charge >= 0.3 is 6.03 Å². The van der Waals surface area contributed by atoms with Crippen LogP contribution in [0.3, 0.4) is 0 Å². The molecule has 7 heteroatoms. The Morgan fingerprint density at radius 1 is 1.12 bits per heavy atom. The van der Waals surface area contributed by atoms with Crippen LogP contribution in [0.5, 0.6) is 0 Å². The molecule has 0 radical (unpaired) electrons. The van der Waals surface area contributed by atoms with Crippen LogP contribution >= 0.6 is 15.9 Å². The van der Waals surface area contributed by atoms with Crippen LogP contribution in [0.1, 0.15) is 19.3 Å². The zero-order chi connectivity index (χ0) is 17.6. The second kappa shape index (κ2) is 8.11. The van der Waals surface area contributed by atoms with Crippen molar-refractivity contribution in [3.63, 3.8) is 0 Å². The number of hydrogen-bond donors (Lipinski definition) is 3. The lowest BCUT2D eigenvalue weighted by atomic mass is 10.1. The van der Waals surface area contributed by atoms with Crippen LogP contribution in [0.25, 0.3) is 0 Å². The van der Waals surface area contributed by atoms with Crippen LogP contribution in [0.15, 0.2) is 53.3 Å². The molecular formula is C18H19BrN4O2. The van der Waals surface area contributed by atoms with E-state index in [-0.39, 0.29) is 5.91 Å². The topological polar surface area (TPSA) is 83.1 Å². The fraction of sp³-hybridized carbons (Fsp3) is 0.278. The maximum Gasteiger partial charge on any atom is 0.319 e. The Morgan fingerprint density at radius 2 is 1.88 bits per heavy atom. The van der Waals surface area contributed by atoms with Gasteiger partial charge in [-0.25, -0.2) is 4.79 Å². The van der Waals surface area contributed by atoms with E-state index in [9.17, 15) is 9.59 Å². The SMILES string of the molecule is O=C(Nc1ccc(Br)cc1)N[C@@H](CC1CC1)C(=O)Nc1cccnc1. The molecule has 1 aliphatic carbocycles. The summed E-state index contributed by atoms with van der Waals surface area (Å²) in [5.74, 6) is 0.267. The minimum Gasteiger partial charge on any atom is -0.326 e. The number of amides is 3. The summed E-state index contributed by atoms with van der Waals surface area (Å²) in [6.07, 6.45) is 6.06. The van der Waals surface area contributed by atoms with Crippen molar-refractivity contribution in [2.75, 3.05) is 10.6 Å². The first-order valence-corrected chi connectivity index (χ1v) is 8.93. The summed E-state index contributed by atoms with van der Waals surface area (Å²) in [5.41, 5.74) is 1.28. The van der Waals surface area contributed by atoms with E-state index in [0.717, 1.165) is 17.3 Å². The Bertz CT molecular complexity index is 733. The number of nitrogens with one attached hydrogen (secondary N) is 3. The normalized spacial score (nSPS) is 14.4. The molecule has 0 saturated heterocycles. The third kappa shape index (κ3) is 5.56. The monoisotopic (exact) mass is 402 g/mol. The maximum absolute atomic E-state index is 12.5. The highest BCUT2D eigenvalue weighted by molar-refractivity contribution is 9.10. The number of aromatic nitrogens is 1. The molecule has 3 N–H and O–H groups in total. The van der Waals surface area contributed by atoms with Gasteiger partial charge in [0.05, 0.1) is 11.9 Å². The highest BCUT2D eigenvalue weighted by Gasteiger charge is 2.30. The molecule has 0 unspecified atom stereocenters. The van der Waals surface area contributed by atoms with E-state index in [1.54, 1.807) is 36.7 Å². The number of pyridine rings is 1. The van der Waals surface area contributed by atoms with Crippen molar-refractivity contribution in [1.82, 2.24) is 10.3 Å². The number of urea groups is 1. The smallest absolute Gasteiger partial charge is 0.319 e. The van der Waals surface area contributed by atoms with E-state index in [1.807, 2.05) is 12.1 Å². The first-order chi connectivity index (χ1) is 12.1. The van der Waals surface area contributed by atoms with Gasteiger partial charge < -0.3 is 16.0 Å². The fourth-order valence-electron chi connectivity index (χ4n) is 2.44. The van der Waals surface area contributed by atoms with Crippen LogP contribution in [0.2, 0.25) is 0 Å². The second-order valence-electron chi connectivity index (χ2n) is 6.07. The largest absolute Gasteiger partial charge is 0.326 e. The summed E-state index contributed by atoms with van der Waals surface area (Å²) in [7, 11) is 0. The van der Waals surface area contributed by atoms with Crippen LogP contribution in [0, 0.1) is 5.92 Å². The Morgan fingerprint density at radius 3 is 2.52 bits per heavy atom. The second-order valence-corrected chi connectivity index (χ2v) is 6.98. The number of halogens is 1. The van der Waals surface area contributed by atoms with E-state index in [0.29, 0.717) is 23.7 Å². The molecule has 1 aromatic carbocycles. The van der Waals surface area contributed by atoms with Crippen LogP contribution in [-0.4, -0.2) is 23.0 Å². The van der Waals surface area contributed by atoms with Crippen molar-refractivity contribution in [2.24, 2.45) is 5.92 Å². The van der Waals surface area contributed by atoms with Gasteiger partial charge in [-0.1, -0.05) is 28.8 Å². The van der Waals surface area contributed by atoms with E-state index in [1.165, 1.54) is 0 Å². The van der Waals surface area contributed by atoms with Crippen molar-refractivity contribution in [1.29, 1.82) is 0 Å². The van der Waals surface area contributed by atoms with Crippen molar-refractivity contribution >= 4 is 39.2 Å². The Kier molecular flexibility index (Phi) is 5.65. The maximum atomic E-state index is 12.5. The van der Waals surface area contributed by atoms with Crippen molar-refractivity contribution in [3.05, 3.63) is 53.3 Å². The molecular weight excluding hydrogens is 384 g/mol. The van der Waals surface area contributed by atoms with Crippen LogP contribution < -0.4 is 16.0 Å². The Balaban J connectivity index is 1.60. The van der Waals surface area contributed by atoms with Gasteiger partial charge in [-0.2, -0.15) is 0 Å². The lowest BCUT2D eigenvalue weighted by Crippen LogP contribution is -2.45. The number of anilines is 2. The first-order valence-electron chi connectivity index (χ1n) is 8.14. The molecule has 0 spiro atoms. The lowest BCUT2D eigenvalue weighted by Gasteiger charge is -2.18. The summed E-state index contributed by atoms with van der Waals surface area (Å²) in [5, 5.41) is 8.33. The fourth-order valence-corrected chi connectivity index (χ4v) is 2.71. The van der Waals surface area contributed by atoms with Gasteiger partial charge in [0, 0.05) is 16.4 Å². The van der Waals surface area contributed by atoms with E-state index < -0.39 is 12.1 Å². The molecule has 1 atom stereocenters. The molecule has 1 heterocycles. The van der Waals surface area contributed by atoms with E-state index in [4.69, 9.17) is 0 Å². The zero-order valence-electron chi connectivity index (χ0n) is 13.5. The molecule has 6 nitrogen and oxygen atoms in total. The molecule has 0 bridgehead atoms. The molecule has 2 aromatic rings. The standard InChI is InChI=1S/C18H19BrN4O2/c19-13-5-7-14(8-6-13)22-18(25)23-16(10-12-3-4-12)17(24)21-15-2-1-9-20-11-15/h1-2,5-9,11-12,16H,3-4,10H2,(H,21,24)(H2,22,23,25)/t16-/m0/s1. The predicted octanol–water partition coefficient (Wildman–Crippen LogP) is 3.77. The van der Waals surface area contributed by atoms with Gasteiger partial charge in [0.2, 0.25) is 5.91 Å². The van der Waals surface area contributed by atoms with Crippen molar-refractivity contribution < 1.29 is 9.59 Å². The zero-order valence-corrected chi connectivity index (χ0v) is 15.1. The highest BCUT2D eigenvalue weighted by atomic mass is 79.9. The summed E-state index contributed by atoms with van der Waals surface area (Å²) >= 11 is 3.35.